The van der Waals surface area contributed by atoms with E-state index in [4.69, 9.17) is 0 Å². The lowest BCUT2D eigenvalue weighted by atomic mass is 9.97. The molecule has 1 N–H and O–H groups in total. The second-order valence-corrected chi connectivity index (χ2v) is 9.50. The van der Waals surface area contributed by atoms with Crippen molar-refractivity contribution in [2.24, 2.45) is 0 Å². The van der Waals surface area contributed by atoms with E-state index in [0.717, 1.165) is 34.4 Å². The van der Waals surface area contributed by atoms with E-state index in [9.17, 15) is 4.79 Å². The van der Waals surface area contributed by atoms with Gasteiger partial charge in [0.1, 0.15) is 0 Å². The Morgan fingerprint density at radius 1 is 1.22 bits per heavy atom. The maximum Gasteiger partial charge on any atom is 0.206 e. The molecule has 2 heterocycles. The first kappa shape index (κ1) is 20.0. The van der Waals surface area contributed by atoms with Crippen LogP contribution in [0.1, 0.15) is 47.0 Å². The van der Waals surface area contributed by atoms with Crippen molar-refractivity contribution in [3.05, 3.63) is 57.8 Å². The van der Waals surface area contributed by atoms with E-state index >= 15 is 0 Å². The number of aromatic nitrogens is 2. The molecule has 0 aliphatic heterocycles. The molecule has 4 nitrogen and oxygen atoms in total. The van der Waals surface area contributed by atoms with Crippen LogP contribution in [0.2, 0.25) is 0 Å². The Morgan fingerprint density at radius 2 is 2.04 bits per heavy atom. The molecule has 3 rings (SSSR count). The Hall–Kier alpha value is -1.70. The highest BCUT2D eigenvalue weighted by molar-refractivity contribution is 8.01. The van der Waals surface area contributed by atoms with E-state index in [1.807, 2.05) is 12.1 Å². The number of carbonyl (C=O) groups excluding carboxylic acids is 1. The zero-order valence-corrected chi connectivity index (χ0v) is 17.9. The average molecular weight is 418 g/mol. The van der Waals surface area contributed by atoms with Crippen molar-refractivity contribution in [3.63, 3.8) is 0 Å². The highest BCUT2D eigenvalue weighted by Gasteiger charge is 2.11. The highest BCUT2D eigenvalue weighted by atomic mass is 32.2. The highest BCUT2D eigenvalue weighted by Crippen LogP contribution is 2.26. The van der Waals surface area contributed by atoms with Crippen LogP contribution in [0, 0.1) is 0 Å². The number of thiophene rings is 1. The Labute approximate surface area is 172 Å². The standard InChI is InChI=1S/C20H23N3OS3/c1-3-14(2)15-6-8-16(9-7-15)18(24)13-26-20-23-22-19(27-20)21-11-10-17-5-4-12-25-17/h4-9,12,14H,3,10-11,13H2,1-2H3,(H,21,22). The number of rotatable bonds is 10. The summed E-state index contributed by atoms with van der Waals surface area (Å²) in [6.45, 7) is 5.21. The van der Waals surface area contributed by atoms with E-state index < -0.39 is 0 Å². The van der Waals surface area contributed by atoms with E-state index in [-0.39, 0.29) is 5.78 Å². The third-order valence-corrected chi connectivity index (χ3v) is 7.33. The second-order valence-electron chi connectivity index (χ2n) is 6.27. The summed E-state index contributed by atoms with van der Waals surface area (Å²) in [5.41, 5.74) is 2.04. The van der Waals surface area contributed by atoms with Crippen molar-refractivity contribution in [1.29, 1.82) is 0 Å². The molecular weight excluding hydrogens is 394 g/mol. The summed E-state index contributed by atoms with van der Waals surface area (Å²) in [6.07, 6.45) is 2.08. The molecule has 2 aromatic heterocycles. The maximum absolute atomic E-state index is 12.4. The predicted molar refractivity (Wildman–Crippen MR) is 117 cm³/mol. The van der Waals surface area contributed by atoms with Crippen LogP contribution in [0.3, 0.4) is 0 Å². The summed E-state index contributed by atoms with van der Waals surface area (Å²) in [5.74, 6) is 1.03. The van der Waals surface area contributed by atoms with Gasteiger partial charge in [0.05, 0.1) is 5.75 Å². The Morgan fingerprint density at radius 3 is 2.74 bits per heavy atom. The summed E-state index contributed by atoms with van der Waals surface area (Å²) >= 11 is 4.71. The van der Waals surface area contributed by atoms with Crippen LogP contribution < -0.4 is 5.32 Å². The number of hydrogen-bond donors (Lipinski definition) is 1. The van der Waals surface area contributed by atoms with Gasteiger partial charge in [-0.1, -0.05) is 67.3 Å². The van der Waals surface area contributed by atoms with Crippen LogP contribution >= 0.6 is 34.4 Å². The molecule has 0 saturated carbocycles. The number of Topliss-reactive ketones (excluding diaryl/α,β-unsaturated/α-hetero) is 1. The van der Waals surface area contributed by atoms with Crippen LogP contribution in [-0.4, -0.2) is 28.3 Å². The molecule has 7 heteroatoms. The van der Waals surface area contributed by atoms with Crippen LogP contribution in [0.15, 0.2) is 46.1 Å². The van der Waals surface area contributed by atoms with E-state index in [0.29, 0.717) is 11.7 Å². The molecule has 0 radical (unpaired) electrons. The molecule has 0 saturated heterocycles. The van der Waals surface area contributed by atoms with Gasteiger partial charge in [0.15, 0.2) is 10.1 Å². The van der Waals surface area contributed by atoms with Crippen LogP contribution in [0.5, 0.6) is 0 Å². The summed E-state index contributed by atoms with van der Waals surface area (Å²) in [5, 5.41) is 14.5. The van der Waals surface area contributed by atoms with Gasteiger partial charge in [-0.25, -0.2) is 0 Å². The quantitative estimate of drug-likeness (QED) is 0.336. The Bertz CT molecular complexity index is 844. The third-order valence-electron chi connectivity index (χ3n) is 4.37. The lowest BCUT2D eigenvalue weighted by Gasteiger charge is -2.09. The van der Waals surface area contributed by atoms with Crippen molar-refractivity contribution < 1.29 is 4.79 Å². The minimum Gasteiger partial charge on any atom is -0.360 e. The largest absolute Gasteiger partial charge is 0.360 e. The van der Waals surface area contributed by atoms with Crippen LogP contribution in [-0.2, 0) is 6.42 Å². The van der Waals surface area contributed by atoms with Gasteiger partial charge >= 0.3 is 0 Å². The molecule has 0 amide bonds. The fourth-order valence-electron chi connectivity index (χ4n) is 2.53. The maximum atomic E-state index is 12.4. The fraction of sp³-hybridized carbons (Fsp3) is 0.350. The number of anilines is 1. The van der Waals surface area contributed by atoms with Crippen molar-refractivity contribution in [2.75, 3.05) is 17.6 Å². The topological polar surface area (TPSA) is 54.9 Å². The SMILES string of the molecule is CCC(C)c1ccc(C(=O)CSc2nnc(NCCc3cccs3)s2)cc1. The van der Waals surface area contributed by atoms with E-state index in [1.54, 1.807) is 11.3 Å². The fourth-order valence-corrected chi connectivity index (χ4v) is 4.91. The van der Waals surface area contributed by atoms with Crippen LogP contribution in [0.25, 0.3) is 0 Å². The monoisotopic (exact) mass is 417 g/mol. The first-order valence-electron chi connectivity index (χ1n) is 9.01. The smallest absolute Gasteiger partial charge is 0.206 e. The van der Waals surface area contributed by atoms with Gasteiger partial charge in [0, 0.05) is 17.0 Å². The number of ketones is 1. The summed E-state index contributed by atoms with van der Waals surface area (Å²) < 4.78 is 0.818. The molecule has 1 unspecified atom stereocenters. The lowest BCUT2D eigenvalue weighted by Crippen LogP contribution is -2.03. The van der Waals surface area contributed by atoms with Gasteiger partial charge < -0.3 is 5.32 Å². The van der Waals surface area contributed by atoms with E-state index in [1.165, 1.54) is 33.5 Å². The van der Waals surface area contributed by atoms with Crippen molar-refractivity contribution in [2.45, 2.75) is 36.9 Å². The van der Waals surface area contributed by atoms with Gasteiger partial charge in [-0.15, -0.1) is 21.5 Å². The number of nitrogens with zero attached hydrogens (tertiary/aromatic N) is 2. The Balaban J connectivity index is 1.45. The molecule has 142 valence electrons. The first-order valence-corrected chi connectivity index (χ1v) is 11.7. The summed E-state index contributed by atoms with van der Waals surface area (Å²) in [4.78, 5) is 13.8. The van der Waals surface area contributed by atoms with Crippen LogP contribution in [0.4, 0.5) is 5.13 Å². The number of thioether (sulfide) groups is 1. The van der Waals surface area contributed by atoms with Gasteiger partial charge in [0.25, 0.3) is 0 Å². The number of nitrogens with one attached hydrogen (secondary N) is 1. The van der Waals surface area contributed by atoms with Crippen molar-refractivity contribution in [3.8, 4) is 0 Å². The van der Waals surface area contributed by atoms with Crippen molar-refractivity contribution in [1.82, 2.24) is 10.2 Å². The van der Waals surface area contributed by atoms with Gasteiger partial charge in [0.2, 0.25) is 5.13 Å². The molecule has 1 aromatic carbocycles. The summed E-state index contributed by atoms with van der Waals surface area (Å²) in [6, 6.07) is 12.2. The Kier molecular flexibility index (Phi) is 7.43. The lowest BCUT2D eigenvalue weighted by molar-refractivity contribution is 0.102. The predicted octanol–water partition coefficient (Wildman–Crippen LogP) is 5.74. The number of benzene rings is 1. The summed E-state index contributed by atoms with van der Waals surface area (Å²) in [7, 11) is 0. The second kappa shape index (κ2) is 10.0. The number of hydrogen-bond acceptors (Lipinski definition) is 7. The normalized spacial score (nSPS) is 12.1. The third kappa shape index (κ3) is 5.89. The van der Waals surface area contributed by atoms with E-state index in [2.05, 4.69) is 59.0 Å². The zero-order chi connectivity index (χ0) is 19.1. The first-order chi connectivity index (χ1) is 13.2. The molecule has 0 bridgehead atoms. The minimum atomic E-state index is 0.123. The molecule has 1 atom stereocenters. The average Bonchev–Trinajstić information content (AvgIpc) is 3.38. The molecule has 0 spiro atoms. The molecule has 3 aromatic rings. The molecule has 0 fully saturated rings. The molecular formula is C20H23N3OS3. The van der Waals surface area contributed by atoms with Crippen molar-refractivity contribution >= 4 is 45.4 Å². The van der Waals surface area contributed by atoms with Gasteiger partial charge in [-0.2, -0.15) is 0 Å². The van der Waals surface area contributed by atoms with Gasteiger partial charge in [-0.05, 0) is 35.8 Å². The van der Waals surface area contributed by atoms with Gasteiger partial charge in [-0.3, -0.25) is 4.79 Å². The zero-order valence-electron chi connectivity index (χ0n) is 15.5. The number of carbonyl (C=O) groups is 1. The molecule has 0 aliphatic carbocycles. The minimum absolute atomic E-state index is 0.123. The molecule has 0 aliphatic rings. The molecule has 27 heavy (non-hydrogen) atoms.